The molecule has 0 saturated carbocycles. The van der Waals surface area contributed by atoms with Crippen LogP contribution >= 0.6 is 12.6 Å². The molecule has 0 bridgehead atoms. The molecule has 0 saturated heterocycles. The molecule has 0 fully saturated rings. The van der Waals surface area contributed by atoms with E-state index in [2.05, 4.69) is 17.4 Å². The van der Waals surface area contributed by atoms with Crippen molar-refractivity contribution in [2.75, 3.05) is 6.61 Å². The van der Waals surface area contributed by atoms with Crippen molar-refractivity contribution in [3.05, 3.63) is 18.2 Å². The second-order valence-corrected chi connectivity index (χ2v) is 3.07. The molecular formula is C9H9F3O2S. The molecule has 0 amide bonds. The molecular weight excluding hydrogens is 229 g/mol. The standard InChI is InChI=1S/C9H9F3O2S/c1-2-13-6-4-3-5-7(15)8(6)14-9(10,11)12/h3-5,15H,2H2,1H3. The summed E-state index contributed by atoms with van der Waals surface area (Å²) < 4.78 is 44.9. The Balaban J connectivity index is 3.02. The molecule has 1 rings (SSSR count). The van der Waals surface area contributed by atoms with E-state index >= 15 is 0 Å². The van der Waals surface area contributed by atoms with E-state index in [0.717, 1.165) is 0 Å². The number of hydrogen-bond acceptors (Lipinski definition) is 3. The largest absolute Gasteiger partial charge is 0.573 e. The minimum absolute atomic E-state index is 0.0299. The summed E-state index contributed by atoms with van der Waals surface area (Å²) in [6, 6.07) is 4.33. The Morgan fingerprint density at radius 2 is 2.00 bits per heavy atom. The van der Waals surface area contributed by atoms with Crippen molar-refractivity contribution in [2.45, 2.75) is 18.2 Å². The van der Waals surface area contributed by atoms with Gasteiger partial charge in [-0.1, -0.05) is 6.07 Å². The van der Waals surface area contributed by atoms with Gasteiger partial charge in [0.25, 0.3) is 0 Å². The molecule has 0 spiro atoms. The Bertz CT molecular complexity index is 339. The number of hydrogen-bond donors (Lipinski definition) is 1. The van der Waals surface area contributed by atoms with Gasteiger partial charge in [-0.05, 0) is 19.1 Å². The van der Waals surface area contributed by atoms with Crippen LogP contribution in [0.4, 0.5) is 13.2 Å². The lowest BCUT2D eigenvalue weighted by Crippen LogP contribution is -2.18. The predicted octanol–water partition coefficient (Wildman–Crippen LogP) is 3.27. The molecule has 0 aliphatic heterocycles. The molecule has 0 aliphatic rings. The highest BCUT2D eigenvalue weighted by molar-refractivity contribution is 7.80. The zero-order valence-corrected chi connectivity index (χ0v) is 8.73. The predicted molar refractivity (Wildman–Crippen MR) is 51.5 cm³/mol. The molecule has 1 aromatic carbocycles. The topological polar surface area (TPSA) is 18.5 Å². The molecule has 2 nitrogen and oxygen atoms in total. The van der Waals surface area contributed by atoms with E-state index in [1.54, 1.807) is 6.92 Å². The van der Waals surface area contributed by atoms with Crippen LogP contribution in [-0.2, 0) is 0 Å². The van der Waals surface area contributed by atoms with E-state index in [0.29, 0.717) is 0 Å². The van der Waals surface area contributed by atoms with Crippen LogP contribution < -0.4 is 9.47 Å². The summed E-state index contributed by atoms with van der Waals surface area (Å²) in [5.41, 5.74) is 0. The third kappa shape index (κ3) is 3.54. The first-order chi connectivity index (χ1) is 6.94. The van der Waals surface area contributed by atoms with Crippen LogP contribution in [0, 0.1) is 0 Å². The highest BCUT2D eigenvalue weighted by Crippen LogP contribution is 2.37. The molecule has 1 aromatic rings. The van der Waals surface area contributed by atoms with Gasteiger partial charge in [-0.3, -0.25) is 0 Å². The number of rotatable bonds is 3. The quantitative estimate of drug-likeness (QED) is 0.815. The highest BCUT2D eigenvalue weighted by Gasteiger charge is 2.33. The normalized spacial score (nSPS) is 11.3. The lowest BCUT2D eigenvalue weighted by Gasteiger charge is -2.14. The van der Waals surface area contributed by atoms with E-state index in [9.17, 15) is 13.2 Å². The molecule has 0 aromatic heterocycles. The summed E-state index contributed by atoms with van der Waals surface area (Å²) in [5.74, 6) is -0.377. The van der Waals surface area contributed by atoms with Gasteiger partial charge in [0, 0.05) is 0 Å². The second kappa shape index (κ2) is 4.65. The van der Waals surface area contributed by atoms with Gasteiger partial charge in [-0.2, -0.15) is 0 Å². The van der Waals surface area contributed by atoms with Gasteiger partial charge in [-0.15, -0.1) is 25.8 Å². The van der Waals surface area contributed by atoms with E-state index in [1.165, 1.54) is 18.2 Å². The van der Waals surface area contributed by atoms with Gasteiger partial charge < -0.3 is 9.47 Å². The lowest BCUT2D eigenvalue weighted by molar-refractivity contribution is -0.276. The Morgan fingerprint density at radius 1 is 1.33 bits per heavy atom. The second-order valence-electron chi connectivity index (χ2n) is 2.59. The zero-order valence-electron chi connectivity index (χ0n) is 7.84. The van der Waals surface area contributed by atoms with Gasteiger partial charge in [-0.25, -0.2) is 0 Å². The molecule has 0 aliphatic carbocycles. The first-order valence-corrected chi connectivity index (χ1v) is 4.59. The van der Waals surface area contributed by atoms with E-state index < -0.39 is 12.1 Å². The Kier molecular flexibility index (Phi) is 3.73. The minimum atomic E-state index is -4.75. The minimum Gasteiger partial charge on any atom is -0.490 e. The number of benzene rings is 1. The van der Waals surface area contributed by atoms with Crippen LogP contribution in [0.1, 0.15) is 6.92 Å². The molecule has 84 valence electrons. The highest BCUT2D eigenvalue weighted by atomic mass is 32.1. The molecule has 0 heterocycles. The summed E-state index contributed by atoms with van der Waals surface area (Å²) in [5, 5.41) is 0. The fourth-order valence-corrected chi connectivity index (χ4v) is 1.23. The number of ether oxygens (including phenoxy) is 2. The summed E-state index contributed by atoms with van der Waals surface area (Å²) in [4.78, 5) is 0.0817. The van der Waals surface area contributed by atoms with Crippen molar-refractivity contribution in [3.8, 4) is 11.5 Å². The molecule has 0 radical (unpaired) electrons. The van der Waals surface area contributed by atoms with Crippen molar-refractivity contribution >= 4 is 12.6 Å². The number of halogens is 3. The van der Waals surface area contributed by atoms with Gasteiger partial charge >= 0.3 is 6.36 Å². The Hall–Kier alpha value is -1.04. The third-order valence-electron chi connectivity index (χ3n) is 1.48. The van der Waals surface area contributed by atoms with Crippen LogP contribution in [-0.4, -0.2) is 13.0 Å². The molecule has 15 heavy (non-hydrogen) atoms. The van der Waals surface area contributed by atoms with Crippen molar-refractivity contribution in [1.82, 2.24) is 0 Å². The van der Waals surface area contributed by atoms with E-state index in [-0.39, 0.29) is 17.3 Å². The summed E-state index contributed by atoms with van der Waals surface area (Å²) in [6.07, 6.45) is -4.75. The molecule has 0 unspecified atom stereocenters. The Labute approximate surface area is 90.4 Å². The summed E-state index contributed by atoms with van der Waals surface area (Å²) >= 11 is 3.87. The first-order valence-electron chi connectivity index (χ1n) is 4.14. The third-order valence-corrected chi connectivity index (χ3v) is 1.83. The fraction of sp³-hybridized carbons (Fsp3) is 0.333. The van der Waals surface area contributed by atoms with Crippen LogP contribution in [0.25, 0.3) is 0 Å². The zero-order chi connectivity index (χ0) is 11.5. The van der Waals surface area contributed by atoms with Crippen LogP contribution in [0.5, 0.6) is 11.5 Å². The maximum atomic E-state index is 12.0. The van der Waals surface area contributed by atoms with Crippen molar-refractivity contribution < 1.29 is 22.6 Å². The summed E-state index contributed by atoms with van der Waals surface area (Å²) in [6.45, 7) is 1.92. The average Bonchev–Trinajstić information content (AvgIpc) is 2.10. The maximum Gasteiger partial charge on any atom is 0.573 e. The van der Waals surface area contributed by atoms with Gasteiger partial charge in [0.1, 0.15) is 0 Å². The van der Waals surface area contributed by atoms with E-state index in [1.807, 2.05) is 0 Å². The number of alkyl halides is 3. The van der Waals surface area contributed by atoms with E-state index in [4.69, 9.17) is 4.74 Å². The van der Waals surface area contributed by atoms with Crippen LogP contribution in [0.15, 0.2) is 23.1 Å². The maximum absolute atomic E-state index is 12.0. The van der Waals surface area contributed by atoms with Crippen molar-refractivity contribution in [3.63, 3.8) is 0 Å². The molecule has 0 atom stereocenters. The smallest absolute Gasteiger partial charge is 0.490 e. The molecule has 0 N–H and O–H groups in total. The van der Waals surface area contributed by atoms with Crippen LogP contribution in [0.3, 0.4) is 0 Å². The van der Waals surface area contributed by atoms with Crippen molar-refractivity contribution in [1.29, 1.82) is 0 Å². The Morgan fingerprint density at radius 3 is 2.53 bits per heavy atom. The van der Waals surface area contributed by atoms with Gasteiger partial charge in [0.2, 0.25) is 0 Å². The monoisotopic (exact) mass is 238 g/mol. The summed E-state index contributed by atoms with van der Waals surface area (Å²) in [7, 11) is 0. The van der Waals surface area contributed by atoms with Crippen LogP contribution in [0.2, 0.25) is 0 Å². The number of thiol groups is 1. The van der Waals surface area contributed by atoms with Crippen molar-refractivity contribution in [2.24, 2.45) is 0 Å². The SMILES string of the molecule is CCOc1cccc(S)c1OC(F)(F)F. The first kappa shape index (κ1) is 12.0. The average molecular weight is 238 g/mol. The number of para-hydroxylation sites is 1. The fourth-order valence-electron chi connectivity index (χ4n) is 0.992. The van der Waals surface area contributed by atoms with Gasteiger partial charge in [0.15, 0.2) is 11.5 Å². The van der Waals surface area contributed by atoms with Gasteiger partial charge in [0.05, 0.1) is 11.5 Å². The molecule has 6 heteroatoms. The lowest BCUT2D eigenvalue weighted by atomic mass is 10.3.